The maximum Gasteiger partial charge on any atom is 0.316 e. The first kappa shape index (κ1) is 53.9. The van der Waals surface area contributed by atoms with Gasteiger partial charge in [-0.05, 0) is 62.8 Å². The van der Waals surface area contributed by atoms with Gasteiger partial charge in [-0.3, -0.25) is 9.69 Å². The molecule has 5 saturated heterocycles. The highest BCUT2D eigenvalue weighted by molar-refractivity contribution is 5.78. The zero-order valence-electron chi connectivity index (χ0n) is 43.3. The number of hydrogen-bond donors (Lipinski definition) is 2. The van der Waals surface area contributed by atoms with E-state index in [1.807, 2.05) is 32.1 Å². The average molecular weight is 986 g/mol. The minimum Gasteiger partial charge on any atom is -0.462 e. The summed E-state index contributed by atoms with van der Waals surface area (Å²) < 4.78 is 77.1. The quantitative estimate of drug-likeness (QED) is 0.179. The summed E-state index contributed by atoms with van der Waals surface area (Å²) in [5.41, 5.74) is 0.156. The molecule has 0 saturated carbocycles. The Kier molecular flexibility index (Phi) is 18.0. The molecular weight excluding hydrogens is 903 g/mol. The van der Waals surface area contributed by atoms with Crippen molar-refractivity contribution in [2.45, 2.75) is 191 Å². The monoisotopic (exact) mass is 986 g/mol. The second-order valence-electron chi connectivity index (χ2n) is 21.3. The van der Waals surface area contributed by atoms with Crippen molar-refractivity contribution in [2.24, 2.45) is 23.7 Å². The van der Waals surface area contributed by atoms with E-state index in [-0.39, 0.29) is 61.0 Å². The first-order chi connectivity index (χ1) is 33.6. The maximum absolute atomic E-state index is 14.4. The van der Waals surface area contributed by atoms with E-state index in [1.54, 1.807) is 33.3 Å². The molecule has 0 aromatic rings. The van der Waals surface area contributed by atoms with Gasteiger partial charge in [-0.1, -0.05) is 70.6 Å². The van der Waals surface area contributed by atoms with Crippen molar-refractivity contribution in [2.75, 3.05) is 60.3 Å². The number of aliphatic hydroxyl groups is 2. The van der Waals surface area contributed by atoms with Crippen LogP contribution in [0.3, 0.4) is 0 Å². The lowest BCUT2D eigenvalue weighted by Gasteiger charge is -2.48. The van der Waals surface area contributed by atoms with Crippen molar-refractivity contribution in [1.29, 1.82) is 0 Å². The van der Waals surface area contributed by atoms with Crippen molar-refractivity contribution in [3.05, 3.63) is 59.3 Å². The van der Waals surface area contributed by atoms with Gasteiger partial charge in [0.25, 0.3) is 0 Å². The molecule has 394 valence electrons. The second-order valence-corrected chi connectivity index (χ2v) is 21.3. The number of hydrogen-bond acceptors (Lipinski definition) is 16. The number of esters is 1. The van der Waals surface area contributed by atoms with E-state index in [0.29, 0.717) is 49.9 Å². The molecule has 16 heteroatoms. The Morgan fingerprint density at radius 3 is 2.30 bits per heavy atom. The fraction of sp³-hybridized carbons (Fsp3) is 0.796. The number of morpholine rings is 1. The van der Waals surface area contributed by atoms with E-state index in [4.69, 9.17) is 56.8 Å². The van der Waals surface area contributed by atoms with E-state index < -0.39 is 72.5 Å². The van der Waals surface area contributed by atoms with Gasteiger partial charge in [-0.2, -0.15) is 0 Å². The van der Waals surface area contributed by atoms with E-state index in [0.717, 1.165) is 44.8 Å². The normalized spacial score (nSPS) is 46.5. The first-order valence-corrected chi connectivity index (χ1v) is 26.2. The molecule has 20 atom stereocenters. The Morgan fingerprint density at radius 2 is 1.59 bits per heavy atom. The summed E-state index contributed by atoms with van der Waals surface area (Å²) in [7, 11) is 3.39. The molecule has 0 aromatic heterocycles. The standard InChI is InChI=1S/C54H83NO15/c1-11-31(2)48-34(5)17-18-53(70-48)29-40-26-39(69-53)16-15-33(4)47(32(3)13-12-14-38-30-63-51-46(56)35(6)25-41(52(57)66-40)54(38,51)58)67-44-28-43(60-10)50(37(8)65-44)68-45-27-42(59-9)49(36(7)64-45)62-24-21-55-19-22-61-23-20-55/h12-15,17-18,25,31-32,34,36-37,39-51,56,58H,11,16,19-24,26-30H2,1-10H3/b13-12+,33-15+,38-14+/t31?,32-,34-,36-,37-,39+,40-,41?,42-,43-,44-,45-,46+,47?,48+,49-,50?,51+,53+,54?/m0/s1. The lowest BCUT2D eigenvalue weighted by molar-refractivity contribution is -0.321. The van der Waals surface area contributed by atoms with Crippen LogP contribution in [0, 0.1) is 23.7 Å². The minimum absolute atomic E-state index is 0.0348. The zero-order chi connectivity index (χ0) is 49.9. The van der Waals surface area contributed by atoms with Crippen LogP contribution in [-0.2, 0) is 61.6 Å². The maximum atomic E-state index is 14.4. The van der Waals surface area contributed by atoms with E-state index >= 15 is 0 Å². The minimum atomic E-state index is -1.84. The summed E-state index contributed by atoms with van der Waals surface area (Å²) in [6.07, 6.45) is 9.85. The second kappa shape index (κ2) is 23.4. The van der Waals surface area contributed by atoms with Crippen LogP contribution in [0.25, 0.3) is 0 Å². The summed E-state index contributed by atoms with van der Waals surface area (Å²) in [4.78, 5) is 16.8. The van der Waals surface area contributed by atoms with Gasteiger partial charge >= 0.3 is 5.97 Å². The van der Waals surface area contributed by atoms with Crippen LogP contribution in [0.15, 0.2) is 59.3 Å². The lowest BCUT2D eigenvalue weighted by atomic mass is 9.71. The van der Waals surface area contributed by atoms with Crippen molar-refractivity contribution in [3.63, 3.8) is 0 Å². The molecule has 5 fully saturated rings. The molecular formula is C54H83NO15. The van der Waals surface area contributed by atoms with E-state index in [9.17, 15) is 15.0 Å². The van der Waals surface area contributed by atoms with E-state index in [1.165, 1.54) is 0 Å². The molecule has 7 aliphatic heterocycles. The highest BCUT2D eigenvalue weighted by Gasteiger charge is 2.60. The predicted molar refractivity (Wildman–Crippen MR) is 258 cm³/mol. The third kappa shape index (κ3) is 11.8. The molecule has 0 aromatic carbocycles. The summed E-state index contributed by atoms with van der Waals surface area (Å²) >= 11 is 0. The van der Waals surface area contributed by atoms with Gasteiger partial charge in [-0.15, -0.1) is 0 Å². The van der Waals surface area contributed by atoms with Gasteiger partial charge in [0.1, 0.15) is 42.0 Å². The highest BCUT2D eigenvalue weighted by atomic mass is 16.7. The SMILES string of the molecule is CCC(C)[C@H]1O[C@]2(C=C[C@@H]1C)C[C@@H]1C[C@@H](C/C=C(\C)C(O[C@H]3C[C@H](OC)C(O[C@H]4C[C@H](OC)[C@@H](OCCN5CCOCC5)[C@H](C)O4)[C@H](C)O3)[C@@H](C)/C=C/C=C3\CO[C@@H]4[C@H](O)C(C)=CC(C(=O)O1)C34O)O2. The summed E-state index contributed by atoms with van der Waals surface area (Å²) in [5.74, 6) is -2.56. The highest BCUT2D eigenvalue weighted by Crippen LogP contribution is 2.47. The largest absolute Gasteiger partial charge is 0.462 e. The van der Waals surface area contributed by atoms with Crippen LogP contribution in [0.4, 0.5) is 0 Å². The Balaban J connectivity index is 1.01. The molecule has 1 aliphatic carbocycles. The predicted octanol–water partition coefficient (Wildman–Crippen LogP) is 5.73. The van der Waals surface area contributed by atoms with Crippen LogP contribution >= 0.6 is 0 Å². The Morgan fingerprint density at radius 1 is 0.886 bits per heavy atom. The fourth-order valence-electron chi connectivity index (χ4n) is 11.9. The lowest BCUT2D eigenvalue weighted by Crippen LogP contribution is -2.58. The molecule has 70 heavy (non-hydrogen) atoms. The molecule has 0 radical (unpaired) electrons. The first-order valence-electron chi connectivity index (χ1n) is 26.2. The number of carbonyl (C=O) groups excluding carboxylic acids is 1. The van der Waals surface area contributed by atoms with Crippen molar-refractivity contribution in [3.8, 4) is 0 Å². The average Bonchev–Trinajstić information content (AvgIpc) is 3.68. The molecule has 8 rings (SSSR count). The smallest absolute Gasteiger partial charge is 0.316 e. The van der Waals surface area contributed by atoms with Crippen LogP contribution in [-0.4, -0.2) is 179 Å². The van der Waals surface area contributed by atoms with Gasteiger partial charge in [0, 0.05) is 71.4 Å². The molecule has 16 nitrogen and oxygen atoms in total. The zero-order valence-corrected chi connectivity index (χ0v) is 43.3. The van der Waals surface area contributed by atoms with Crippen molar-refractivity contribution < 1.29 is 71.8 Å². The number of fused-ring (bicyclic) bond motifs is 2. The summed E-state index contributed by atoms with van der Waals surface area (Å²) in [6, 6.07) is 0. The van der Waals surface area contributed by atoms with Gasteiger partial charge in [-0.25, -0.2) is 0 Å². The number of aliphatic hydroxyl groups excluding tert-OH is 1. The summed E-state index contributed by atoms with van der Waals surface area (Å²) in [5, 5.41) is 23.9. The Bertz CT molecular complexity index is 1920. The number of methoxy groups -OCH3 is 2. The van der Waals surface area contributed by atoms with Gasteiger partial charge in [0.05, 0.1) is 69.2 Å². The number of nitrogens with zero attached hydrogens (tertiary/aromatic N) is 1. The number of rotatable bonds is 12. The molecule has 7 heterocycles. The van der Waals surface area contributed by atoms with Crippen LogP contribution in [0.5, 0.6) is 0 Å². The van der Waals surface area contributed by atoms with Crippen molar-refractivity contribution >= 4 is 5.97 Å². The fourth-order valence-corrected chi connectivity index (χ4v) is 11.9. The van der Waals surface area contributed by atoms with Crippen molar-refractivity contribution in [1.82, 2.24) is 4.90 Å². The molecule has 2 N–H and O–H groups in total. The molecule has 1 spiro atoms. The van der Waals surface area contributed by atoms with Gasteiger partial charge in [0.15, 0.2) is 18.4 Å². The molecule has 2 bridgehead atoms. The Labute approximate surface area is 415 Å². The molecule has 0 amide bonds. The van der Waals surface area contributed by atoms with Gasteiger partial charge in [0.2, 0.25) is 0 Å². The topological polar surface area (TPSA) is 172 Å². The van der Waals surface area contributed by atoms with E-state index in [2.05, 4.69) is 51.7 Å². The Hall–Kier alpha value is -2.39. The third-order valence-corrected chi connectivity index (χ3v) is 16.3. The third-order valence-electron chi connectivity index (χ3n) is 16.3. The molecule has 5 unspecified atom stereocenters. The van der Waals surface area contributed by atoms with Crippen LogP contribution < -0.4 is 0 Å². The number of ether oxygens (including phenoxy) is 12. The van der Waals surface area contributed by atoms with Gasteiger partial charge < -0.3 is 67.1 Å². The number of allylic oxidation sites excluding steroid dienone is 2. The summed E-state index contributed by atoms with van der Waals surface area (Å²) in [6.45, 7) is 21.1. The molecule has 8 aliphatic rings. The number of carbonyl (C=O) groups is 1. The van der Waals surface area contributed by atoms with Crippen LogP contribution in [0.2, 0.25) is 0 Å². The van der Waals surface area contributed by atoms with Crippen LogP contribution in [0.1, 0.15) is 93.9 Å².